The summed E-state index contributed by atoms with van der Waals surface area (Å²) >= 11 is 1.59. The molecule has 0 aromatic heterocycles. The van der Waals surface area contributed by atoms with E-state index in [1.807, 2.05) is 0 Å². The largest absolute Gasteiger partial charge is 0.287 e. The molecule has 0 aliphatic rings. The fraction of sp³-hybridized carbons (Fsp3) is 0.958. The smallest absolute Gasteiger partial charge is 0.195 e. The molecule has 3 atom stereocenters. The van der Waals surface area contributed by atoms with Gasteiger partial charge in [0.25, 0.3) is 0 Å². The van der Waals surface area contributed by atoms with Crippen molar-refractivity contribution in [1.29, 1.82) is 0 Å². The zero-order chi connectivity index (χ0) is 21.1. The second-order valence-electron chi connectivity index (χ2n) is 11.1. The predicted octanol–water partition coefficient (Wildman–Crippen LogP) is 8.08. The first kappa shape index (κ1) is 26.0. The van der Waals surface area contributed by atoms with Gasteiger partial charge in [-0.05, 0) is 41.4 Å². The Morgan fingerprint density at radius 2 is 1.27 bits per heavy atom. The van der Waals surface area contributed by atoms with Gasteiger partial charge >= 0.3 is 0 Å². The van der Waals surface area contributed by atoms with E-state index in [0.717, 1.165) is 6.42 Å². The average molecular weight is 385 g/mol. The fourth-order valence-corrected chi connectivity index (χ4v) is 5.93. The van der Waals surface area contributed by atoms with Crippen LogP contribution in [-0.4, -0.2) is 9.86 Å². The summed E-state index contributed by atoms with van der Waals surface area (Å²) in [7, 11) is 0. The van der Waals surface area contributed by atoms with Crippen LogP contribution in [0.1, 0.15) is 103 Å². The molecule has 0 radical (unpaired) electrons. The van der Waals surface area contributed by atoms with Crippen LogP contribution >= 0.6 is 11.8 Å². The van der Waals surface area contributed by atoms with Crippen molar-refractivity contribution in [3.05, 3.63) is 0 Å². The molecule has 0 amide bonds. The zero-order valence-corrected chi connectivity index (χ0v) is 20.9. The van der Waals surface area contributed by atoms with E-state index in [4.69, 9.17) is 0 Å². The second kappa shape index (κ2) is 9.48. The molecule has 0 aromatic rings. The maximum atomic E-state index is 13.5. The topological polar surface area (TPSA) is 17.1 Å². The third-order valence-corrected chi connectivity index (χ3v) is 8.67. The molecule has 0 spiro atoms. The first-order valence-corrected chi connectivity index (χ1v) is 11.6. The van der Waals surface area contributed by atoms with E-state index in [-0.39, 0.29) is 15.6 Å². The van der Waals surface area contributed by atoms with Crippen LogP contribution in [0, 0.1) is 40.4 Å². The van der Waals surface area contributed by atoms with E-state index in [1.165, 1.54) is 6.42 Å². The zero-order valence-electron chi connectivity index (χ0n) is 20.1. The number of carbonyl (C=O) groups is 1. The van der Waals surface area contributed by atoms with E-state index in [1.54, 1.807) is 11.8 Å². The Kier molecular flexibility index (Phi) is 9.49. The Hall–Kier alpha value is 0.0200. The first-order chi connectivity index (χ1) is 11.5. The molecule has 0 rings (SSSR count). The molecule has 0 aliphatic carbocycles. The fourth-order valence-electron chi connectivity index (χ4n) is 4.57. The molecule has 1 nitrogen and oxygen atoms in total. The molecule has 26 heavy (non-hydrogen) atoms. The van der Waals surface area contributed by atoms with Gasteiger partial charge in [-0.1, -0.05) is 108 Å². The summed E-state index contributed by atoms with van der Waals surface area (Å²) in [5.41, 5.74) is -0.394. The minimum Gasteiger partial charge on any atom is -0.287 e. The lowest BCUT2D eigenvalue weighted by Gasteiger charge is -2.50. The monoisotopic (exact) mass is 384 g/mol. The lowest BCUT2D eigenvalue weighted by atomic mass is 9.55. The van der Waals surface area contributed by atoms with Crippen LogP contribution in [0.15, 0.2) is 0 Å². The van der Waals surface area contributed by atoms with E-state index in [0.29, 0.717) is 34.7 Å². The summed E-state index contributed by atoms with van der Waals surface area (Å²) in [6.07, 6.45) is 2.25. The van der Waals surface area contributed by atoms with Gasteiger partial charge in [0, 0.05) is 10.2 Å². The van der Waals surface area contributed by atoms with Crippen LogP contribution in [-0.2, 0) is 4.79 Å². The quantitative estimate of drug-likeness (QED) is 0.378. The third kappa shape index (κ3) is 6.28. The van der Waals surface area contributed by atoms with Gasteiger partial charge in [0.15, 0.2) is 5.12 Å². The maximum Gasteiger partial charge on any atom is 0.195 e. The number of hydrogen-bond donors (Lipinski definition) is 0. The highest BCUT2D eigenvalue weighted by atomic mass is 32.2. The van der Waals surface area contributed by atoms with Crippen LogP contribution in [0.2, 0.25) is 0 Å². The van der Waals surface area contributed by atoms with Crippen LogP contribution < -0.4 is 0 Å². The average Bonchev–Trinajstić information content (AvgIpc) is 2.44. The van der Waals surface area contributed by atoms with Crippen LogP contribution in [0.4, 0.5) is 0 Å². The minimum atomic E-state index is -0.353. The van der Waals surface area contributed by atoms with Gasteiger partial charge in [-0.25, -0.2) is 0 Å². The highest BCUT2D eigenvalue weighted by molar-refractivity contribution is 8.14. The van der Waals surface area contributed by atoms with Crippen LogP contribution in [0.5, 0.6) is 0 Å². The molecular formula is C24H48OS. The summed E-state index contributed by atoms with van der Waals surface area (Å²) < 4.78 is -0.0161. The Bertz CT molecular complexity index is 445. The van der Waals surface area contributed by atoms with Crippen molar-refractivity contribution in [3.8, 4) is 0 Å². The molecule has 3 unspecified atom stereocenters. The number of hydrogen-bond acceptors (Lipinski definition) is 2. The Balaban J connectivity index is 5.53. The van der Waals surface area contributed by atoms with E-state index >= 15 is 0 Å². The number of rotatable bonds is 10. The third-order valence-electron chi connectivity index (χ3n) is 7.25. The van der Waals surface area contributed by atoms with Gasteiger partial charge in [-0.2, -0.15) is 0 Å². The predicted molar refractivity (Wildman–Crippen MR) is 121 cm³/mol. The molecule has 0 bridgehead atoms. The van der Waals surface area contributed by atoms with Crippen molar-refractivity contribution in [2.75, 3.05) is 0 Å². The van der Waals surface area contributed by atoms with E-state index in [9.17, 15) is 4.79 Å². The lowest BCUT2D eigenvalue weighted by molar-refractivity contribution is -0.129. The van der Waals surface area contributed by atoms with Gasteiger partial charge in [-0.3, -0.25) is 4.79 Å². The van der Waals surface area contributed by atoms with Gasteiger partial charge in [0.05, 0.1) is 0 Å². The molecular weight excluding hydrogens is 336 g/mol. The second-order valence-corrected chi connectivity index (χ2v) is 12.8. The first-order valence-electron chi connectivity index (χ1n) is 10.7. The van der Waals surface area contributed by atoms with Gasteiger partial charge in [-0.15, -0.1) is 0 Å². The van der Waals surface area contributed by atoms with Gasteiger partial charge in [0.1, 0.15) is 0 Å². The molecule has 0 saturated carbocycles. The molecule has 0 aliphatic heterocycles. The van der Waals surface area contributed by atoms with Crippen molar-refractivity contribution in [3.63, 3.8) is 0 Å². The lowest BCUT2D eigenvalue weighted by Crippen LogP contribution is -2.48. The van der Waals surface area contributed by atoms with E-state index < -0.39 is 0 Å². The number of thioether (sulfide) groups is 1. The number of carbonyl (C=O) groups excluding carboxylic acids is 1. The summed E-state index contributed by atoms with van der Waals surface area (Å²) in [6, 6.07) is 0. The van der Waals surface area contributed by atoms with Crippen molar-refractivity contribution in [2.45, 2.75) is 108 Å². The highest BCUT2D eigenvalue weighted by Gasteiger charge is 2.50. The van der Waals surface area contributed by atoms with Crippen molar-refractivity contribution >= 4 is 16.9 Å². The molecule has 0 fully saturated rings. The summed E-state index contributed by atoms with van der Waals surface area (Å²) in [5.74, 6) is 3.02. The van der Waals surface area contributed by atoms with Crippen molar-refractivity contribution in [1.82, 2.24) is 0 Å². The van der Waals surface area contributed by atoms with Crippen molar-refractivity contribution < 1.29 is 4.79 Å². The maximum absolute atomic E-state index is 13.5. The summed E-state index contributed by atoms with van der Waals surface area (Å²) in [6.45, 7) is 29.6. The molecule has 0 N–H and O–H groups in total. The SMILES string of the molecule is CCC(C)C(C(C)C)C(C)(C)C(C)(C)C(=O)SC(C)(C)CC(C)C(C)C. The molecule has 156 valence electrons. The van der Waals surface area contributed by atoms with Gasteiger partial charge in [0.2, 0.25) is 0 Å². The van der Waals surface area contributed by atoms with Crippen molar-refractivity contribution in [2.24, 2.45) is 40.4 Å². The summed E-state index contributed by atoms with van der Waals surface area (Å²) in [5, 5.41) is 0.359. The molecule has 2 heteroatoms. The summed E-state index contributed by atoms with van der Waals surface area (Å²) in [4.78, 5) is 13.5. The molecule has 0 heterocycles. The Labute approximate surface area is 169 Å². The van der Waals surface area contributed by atoms with E-state index in [2.05, 4.69) is 90.0 Å². The Morgan fingerprint density at radius 1 is 0.808 bits per heavy atom. The Morgan fingerprint density at radius 3 is 1.62 bits per heavy atom. The molecule has 0 saturated heterocycles. The van der Waals surface area contributed by atoms with Gasteiger partial charge < -0.3 is 0 Å². The highest BCUT2D eigenvalue weighted by Crippen LogP contribution is 2.54. The minimum absolute atomic E-state index is 0.0161. The molecule has 0 aromatic carbocycles. The standard InChI is InChI=1S/C24H48OS/c1-14-18(6)20(17(4)5)23(10,11)24(12,13)21(25)26-22(8,9)15-19(7)16(2)3/h16-20H,14-15H2,1-13H3. The normalized spacial score (nSPS) is 17.5. The van der Waals surface area contributed by atoms with Crippen LogP contribution in [0.25, 0.3) is 0 Å². The van der Waals surface area contributed by atoms with Crippen LogP contribution in [0.3, 0.4) is 0 Å².